The van der Waals surface area contributed by atoms with Crippen molar-refractivity contribution in [2.24, 2.45) is 4.99 Å². The van der Waals surface area contributed by atoms with Crippen molar-refractivity contribution in [3.8, 4) is 17.2 Å². The first kappa shape index (κ1) is 19.8. The molecule has 0 bridgehead atoms. The van der Waals surface area contributed by atoms with E-state index in [9.17, 15) is 4.79 Å². The molecule has 1 amide bonds. The highest BCUT2D eigenvalue weighted by Crippen LogP contribution is 2.39. The summed E-state index contributed by atoms with van der Waals surface area (Å²) in [5.74, 6) is 1.37. The van der Waals surface area contributed by atoms with Crippen molar-refractivity contribution in [1.29, 1.82) is 0 Å². The molecule has 1 aliphatic heterocycles. The van der Waals surface area contributed by atoms with E-state index in [1.807, 2.05) is 26.0 Å². The first-order valence-corrected chi connectivity index (χ1v) is 9.43. The summed E-state index contributed by atoms with van der Waals surface area (Å²) in [5, 5.41) is 3.36. The number of aryl methyl sites for hydroxylation is 2. The Balaban J connectivity index is 1.91. The summed E-state index contributed by atoms with van der Waals surface area (Å²) in [6, 6.07) is 9.60. The fourth-order valence-corrected chi connectivity index (χ4v) is 3.69. The first-order valence-electron chi connectivity index (χ1n) is 8.62. The molecular weight excluding hydrogens is 376 g/mol. The van der Waals surface area contributed by atoms with E-state index >= 15 is 0 Å². The molecule has 1 heterocycles. The Morgan fingerprint density at radius 1 is 1.00 bits per heavy atom. The largest absolute Gasteiger partial charge is 0.493 e. The van der Waals surface area contributed by atoms with Gasteiger partial charge in [-0.05, 0) is 61.0 Å². The summed E-state index contributed by atoms with van der Waals surface area (Å²) in [6.45, 7) is 4.04. The van der Waals surface area contributed by atoms with Crippen molar-refractivity contribution in [2.75, 3.05) is 21.3 Å². The highest BCUT2D eigenvalue weighted by Gasteiger charge is 2.24. The SMILES string of the molecule is COc1cc(/C=C2/SC(=Nc3ccc(C)cc3C)NC2=O)cc(OC)c1OC. The minimum atomic E-state index is -0.192. The van der Waals surface area contributed by atoms with Crippen molar-refractivity contribution in [2.45, 2.75) is 13.8 Å². The number of aliphatic imine (C=N–C) groups is 1. The lowest BCUT2D eigenvalue weighted by Crippen LogP contribution is -2.19. The molecule has 0 radical (unpaired) electrons. The van der Waals surface area contributed by atoms with Gasteiger partial charge in [-0.15, -0.1) is 0 Å². The number of hydrogen-bond donors (Lipinski definition) is 1. The van der Waals surface area contributed by atoms with Crippen molar-refractivity contribution in [3.05, 3.63) is 51.9 Å². The van der Waals surface area contributed by atoms with Crippen LogP contribution in [0.1, 0.15) is 16.7 Å². The second kappa shape index (κ2) is 8.39. The second-order valence-electron chi connectivity index (χ2n) is 6.23. The molecule has 0 unspecified atom stereocenters. The van der Waals surface area contributed by atoms with Crippen LogP contribution in [0.3, 0.4) is 0 Å². The summed E-state index contributed by atoms with van der Waals surface area (Å²) >= 11 is 1.30. The van der Waals surface area contributed by atoms with E-state index in [-0.39, 0.29) is 5.91 Å². The van der Waals surface area contributed by atoms with Gasteiger partial charge in [0, 0.05) is 0 Å². The van der Waals surface area contributed by atoms with Gasteiger partial charge in [0.2, 0.25) is 5.75 Å². The molecule has 0 aliphatic carbocycles. The van der Waals surface area contributed by atoms with Gasteiger partial charge in [0.25, 0.3) is 5.91 Å². The van der Waals surface area contributed by atoms with Crippen LogP contribution in [0.4, 0.5) is 5.69 Å². The Morgan fingerprint density at radius 2 is 1.68 bits per heavy atom. The van der Waals surface area contributed by atoms with Gasteiger partial charge < -0.3 is 19.5 Å². The quantitative estimate of drug-likeness (QED) is 0.764. The second-order valence-corrected chi connectivity index (χ2v) is 7.26. The van der Waals surface area contributed by atoms with Crippen LogP contribution in [-0.2, 0) is 4.79 Å². The Labute approximate surface area is 168 Å². The fourth-order valence-electron chi connectivity index (χ4n) is 2.86. The van der Waals surface area contributed by atoms with Gasteiger partial charge >= 0.3 is 0 Å². The van der Waals surface area contributed by atoms with Gasteiger partial charge in [0.1, 0.15) is 0 Å². The van der Waals surface area contributed by atoms with Gasteiger partial charge in [-0.1, -0.05) is 17.7 Å². The Morgan fingerprint density at radius 3 is 2.25 bits per heavy atom. The molecule has 0 spiro atoms. The molecule has 1 fully saturated rings. The van der Waals surface area contributed by atoms with E-state index in [0.717, 1.165) is 16.8 Å². The maximum absolute atomic E-state index is 12.4. The number of ether oxygens (including phenoxy) is 3. The van der Waals surface area contributed by atoms with Crippen LogP contribution in [-0.4, -0.2) is 32.4 Å². The van der Waals surface area contributed by atoms with Gasteiger partial charge in [0.05, 0.1) is 31.9 Å². The van der Waals surface area contributed by atoms with Crippen molar-refractivity contribution < 1.29 is 19.0 Å². The number of thioether (sulfide) groups is 1. The maximum Gasteiger partial charge on any atom is 0.264 e. The number of nitrogens with zero attached hydrogens (tertiary/aromatic N) is 1. The van der Waals surface area contributed by atoms with E-state index in [1.165, 1.54) is 17.3 Å². The number of hydrogen-bond acceptors (Lipinski definition) is 6. The number of rotatable bonds is 5. The Kier molecular flexibility index (Phi) is 5.94. The highest BCUT2D eigenvalue weighted by atomic mass is 32.2. The lowest BCUT2D eigenvalue weighted by Gasteiger charge is -2.12. The first-order chi connectivity index (χ1) is 13.4. The summed E-state index contributed by atoms with van der Waals surface area (Å²) < 4.78 is 16.1. The standard InChI is InChI=1S/C21H22N2O4S/c1-12-6-7-15(13(2)8-12)22-21-23-20(24)18(28-21)11-14-9-16(25-3)19(27-5)17(10-14)26-4/h6-11H,1-5H3,(H,22,23,24)/b18-11+. The number of amidine groups is 1. The normalized spacial score (nSPS) is 16.4. The Hall–Kier alpha value is -2.93. The topological polar surface area (TPSA) is 69.2 Å². The molecule has 1 saturated heterocycles. The van der Waals surface area contributed by atoms with E-state index in [1.54, 1.807) is 39.5 Å². The summed E-state index contributed by atoms with van der Waals surface area (Å²) in [4.78, 5) is 17.5. The van der Waals surface area contributed by atoms with Gasteiger partial charge in [-0.3, -0.25) is 4.79 Å². The van der Waals surface area contributed by atoms with E-state index < -0.39 is 0 Å². The molecule has 28 heavy (non-hydrogen) atoms. The van der Waals surface area contributed by atoms with E-state index in [0.29, 0.717) is 27.3 Å². The monoisotopic (exact) mass is 398 g/mol. The zero-order valence-corrected chi connectivity index (χ0v) is 17.3. The Bertz CT molecular complexity index is 957. The van der Waals surface area contributed by atoms with Gasteiger partial charge in [0.15, 0.2) is 16.7 Å². The molecule has 7 heteroatoms. The van der Waals surface area contributed by atoms with E-state index in [2.05, 4.69) is 16.4 Å². The van der Waals surface area contributed by atoms with Crippen LogP contribution in [0.5, 0.6) is 17.2 Å². The number of nitrogens with one attached hydrogen (secondary N) is 1. The zero-order chi connectivity index (χ0) is 20.3. The van der Waals surface area contributed by atoms with Gasteiger partial charge in [-0.25, -0.2) is 4.99 Å². The molecule has 0 atom stereocenters. The molecule has 6 nitrogen and oxygen atoms in total. The van der Waals surface area contributed by atoms with Crippen LogP contribution in [0.25, 0.3) is 6.08 Å². The van der Waals surface area contributed by atoms with Crippen LogP contribution in [0.2, 0.25) is 0 Å². The predicted octanol–water partition coefficient (Wildman–Crippen LogP) is 4.22. The van der Waals surface area contributed by atoms with Gasteiger partial charge in [-0.2, -0.15) is 0 Å². The minimum absolute atomic E-state index is 0.192. The van der Waals surface area contributed by atoms with Crippen molar-refractivity contribution in [3.63, 3.8) is 0 Å². The lowest BCUT2D eigenvalue weighted by atomic mass is 10.1. The van der Waals surface area contributed by atoms with E-state index in [4.69, 9.17) is 14.2 Å². The average Bonchev–Trinajstić information content (AvgIpc) is 3.02. The number of carbonyl (C=O) groups excluding carboxylic acids is 1. The van der Waals surface area contributed by atoms with Crippen molar-refractivity contribution in [1.82, 2.24) is 5.32 Å². The molecule has 0 saturated carbocycles. The molecule has 1 N–H and O–H groups in total. The molecular formula is C21H22N2O4S. The summed E-state index contributed by atoms with van der Waals surface area (Å²) in [7, 11) is 4.66. The summed E-state index contributed by atoms with van der Waals surface area (Å²) in [5.41, 5.74) is 3.83. The number of methoxy groups -OCH3 is 3. The third kappa shape index (κ3) is 4.14. The molecule has 146 valence electrons. The smallest absolute Gasteiger partial charge is 0.264 e. The number of benzene rings is 2. The zero-order valence-electron chi connectivity index (χ0n) is 16.5. The summed E-state index contributed by atoms with van der Waals surface area (Å²) in [6.07, 6.45) is 1.77. The molecule has 2 aromatic carbocycles. The maximum atomic E-state index is 12.4. The third-order valence-electron chi connectivity index (χ3n) is 4.21. The lowest BCUT2D eigenvalue weighted by molar-refractivity contribution is -0.115. The molecule has 2 aromatic rings. The van der Waals surface area contributed by atoms with Crippen LogP contribution in [0.15, 0.2) is 40.2 Å². The minimum Gasteiger partial charge on any atom is -0.493 e. The predicted molar refractivity (Wildman–Crippen MR) is 113 cm³/mol. The van der Waals surface area contributed by atoms with Crippen LogP contribution >= 0.6 is 11.8 Å². The number of carbonyl (C=O) groups is 1. The van der Waals surface area contributed by atoms with Crippen molar-refractivity contribution >= 4 is 34.6 Å². The molecule has 1 aliphatic rings. The highest BCUT2D eigenvalue weighted by molar-refractivity contribution is 8.18. The fraction of sp³-hybridized carbons (Fsp3) is 0.238. The van der Waals surface area contributed by atoms with Crippen LogP contribution in [0, 0.1) is 13.8 Å². The molecule has 0 aromatic heterocycles. The molecule has 3 rings (SSSR count). The number of amides is 1. The average molecular weight is 398 g/mol. The third-order valence-corrected chi connectivity index (χ3v) is 5.12. The van der Waals surface area contributed by atoms with Crippen LogP contribution < -0.4 is 19.5 Å².